The standard InChI is InChI=1S/C15H29N3S/c1-7-9-12-13(10-16-8-2)19-14(17-12)18(6)11-15(3,4)5/h16H,7-11H2,1-6H3. The summed E-state index contributed by atoms with van der Waals surface area (Å²) in [7, 11) is 2.15. The molecule has 110 valence electrons. The van der Waals surface area contributed by atoms with Crippen molar-refractivity contribution in [2.75, 3.05) is 25.0 Å². The fourth-order valence-electron chi connectivity index (χ4n) is 2.12. The first-order valence-corrected chi connectivity index (χ1v) is 8.09. The number of anilines is 1. The van der Waals surface area contributed by atoms with Crippen LogP contribution in [-0.4, -0.2) is 25.1 Å². The van der Waals surface area contributed by atoms with Crippen molar-refractivity contribution in [3.63, 3.8) is 0 Å². The molecule has 4 heteroatoms. The highest BCUT2D eigenvalue weighted by atomic mass is 32.1. The van der Waals surface area contributed by atoms with E-state index in [2.05, 4.69) is 51.9 Å². The molecule has 3 nitrogen and oxygen atoms in total. The Labute approximate surface area is 122 Å². The van der Waals surface area contributed by atoms with Crippen molar-refractivity contribution >= 4 is 16.5 Å². The number of nitrogens with one attached hydrogen (secondary N) is 1. The molecule has 0 amide bonds. The molecule has 0 saturated heterocycles. The van der Waals surface area contributed by atoms with E-state index in [-0.39, 0.29) is 0 Å². The van der Waals surface area contributed by atoms with Crippen LogP contribution in [0.15, 0.2) is 0 Å². The lowest BCUT2D eigenvalue weighted by molar-refractivity contribution is 0.418. The van der Waals surface area contributed by atoms with Gasteiger partial charge in [-0.05, 0) is 18.4 Å². The first-order chi connectivity index (χ1) is 8.87. The highest BCUT2D eigenvalue weighted by Gasteiger charge is 2.18. The third kappa shape index (κ3) is 5.49. The van der Waals surface area contributed by atoms with Crippen molar-refractivity contribution in [3.8, 4) is 0 Å². The average molecular weight is 283 g/mol. The SMILES string of the molecule is CCCc1nc(N(C)CC(C)(C)C)sc1CNCC. The van der Waals surface area contributed by atoms with Crippen LogP contribution in [0.1, 0.15) is 51.6 Å². The maximum Gasteiger partial charge on any atom is 0.185 e. The molecule has 1 rings (SSSR count). The second kappa shape index (κ2) is 7.25. The van der Waals surface area contributed by atoms with Gasteiger partial charge in [-0.3, -0.25) is 0 Å². The van der Waals surface area contributed by atoms with Crippen LogP contribution < -0.4 is 10.2 Å². The molecule has 0 aliphatic rings. The molecule has 0 bridgehead atoms. The molecular formula is C15H29N3S. The minimum Gasteiger partial charge on any atom is -0.351 e. The van der Waals surface area contributed by atoms with Crippen LogP contribution in [0.2, 0.25) is 0 Å². The average Bonchev–Trinajstić information content (AvgIpc) is 2.68. The van der Waals surface area contributed by atoms with E-state index in [1.807, 2.05) is 11.3 Å². The molecule has 0 aliphatic carbocycles. The Bertz CT molecular complexity index is 379. The van der Waals surface area contributed by atoms with Crippen LogP contribution in [0.25, 0.3) is 0 Å². The molecule has 1 aromatic heterocycles. The third-order valence-corrected chi connectivity index (χ3v) is 4.04. The van der Waals surface area contributed by atoms with Crippen molar-refractivity contribution < 1.29 is 0 Å². The molecule has 1 N–H and O–H groups in total. The molecule has 0 unspecified atom stereocenters. The lowest BCUT2D eigenvalue weighted by atomic mass is 9.96. The maximum absolute atomic E-state index is 4.84. The lowest BCUT2D eigenvalue weighted by Gasteiger charge is -2.26. The Balaban J connectivity index is 2.83. The van der Waals surface area contributed by atoms with Gasteiger partial charge in [0.25, 0.3) is 0 Å². The number of nitrogens with zero attached hydrogens (tertiary/aromatic N) is 2. The van der Waals surface area contributed by atoms with Gasteiger partial charge in [-0.1, -0.05) is 41.0 Å². The van der Waals surface area contributed by atoms with Crippen molar-refractivity contribution in [2.45, 2.75) is 54.0 Å². The van der Waals surface area contributed by atoms with Crippen molar-refractivity contribution in [3.05, 3.63) is 10.6 Å². The third-order valence-electron chi connectivity index (χ3n) is 2.83. The van der Waals surface area contributed by atoms with Gasteiger partial charge in [0.1, 0.15) is 0 Å². The van der Waals surface area contributed by atoms with E-state index in [1.165, 1.54) is 10.6 Å². The van der Waals surface area contributed by atoms with Gasteiger partial charge in [-0.2, -0.15) is 0 Å². The Morgan fingerprint density at radius 2 is 1.95 bits per heavy atom. The fraction of sp³-hybridized carbons (Fsp3) is 0.800. The molecule has 19 heavy (non-hydrogen) atoms. The smallest absolute Gasteiger partial charge is 0.185 e. The number of hydrogen-bond acceptors (Lipinski definition) is 4. The molecule has 0 aliphatic heterocycles. The summed E-state index contributed by atoms with van der Waals surface area (Å²) in [5.74, 6) is 0. The molecule has 0 atom stereocenters. The zero-order valence-corrected chi connectivity index (χ0v) is 14.2. The predicted molar refractivity (Wildman–Crippen MR) is 86.2 cm³/mol. The Hall–Kier alpha value is -0.610. The van der Waals surface area contributed by atoms with Gasteiger partial charge in [0, 0.05) is 25.0 Å². The van der Waals surface area contributed by atoms with Gasteiger partial charge < -0.3 is 10.2 Å². The van der Waals surface area contributed by atoms with Crippen LogP contribution in [-0.2, 0) is 13.0 Å². The number of rotatable bonds is 7. The topological polar surface area (TPSA) is 28.2 Å². The van der Waals surface area contributed by atoms with E-state index in [1.54, 1.807) is 0 Å². The summed E-state index contributed by atoms with van der Waals surface area (Å²) in [6.45, 7) is 14.2. The molecule has 1 heterocycles. The summed E-state index contributed by atoms with van der Waals surface area (Å²) in [4.78, 5) is 8.53. The van der Waals surface area contributed by atoms with Gasteiger partial charge >= 0.3 is 0 Å². The zero-order valence-electron chi connectivity index (χ0n) is 13.3. The second-order valence-electron chi connectivity index (χ2n) is 6.31. The summed E-state index contributed by atoms with van der Waals surface area (Å²) < 4.78 is 0. The van der Waals surface area contributed by atoms with E-state index >= 15 is 0 Å². The van der Waals surface area contributed by atoms with Crippen molar-refractivity contribution in [1.82, 2.24) is 10.3 Å². The van der Waals surface area contributed by atoms with Gasteiger partial charge in [-0.25, -0.2) is 4.98 Å². The zero-order chi connectivity index (χ0) is 14.5. The summed E-state index contributed by atoms with van der Waals surface area (Å²) in [6.07, 6.45) is 2.24. The molecule has 0 fully saturated rings. The van der Waals surface area contributed by atoms with Crippen LogP contribution >= 0.6 is 11.3 Å². The van der Waals surface area contributed by atoms with Gasteiger partial charge in [-0.15, -0.1) is 11.3 Å². The van der Waals surface area contributed by atoms with E-state index in [0.717, 1.165) is 37.6 Å². The molecule has 1 aromatic rings. The highest BCUT2D eigenvalue weighted by molar-refractivity contribution is 7.15. The number of hydrogen-bond donors (Lipinski definition) is 1. The molecular weight excluding hydrogens is 254 g/mol. The quantitative estimate of drug-likeness (QED) is 0.827. The minimum absolute atomic E-state index is 0.299. The van der Waals surface area contributed by atoms with Crippen LogP contribution in [0.4, 0.5) is 5.13 Å². The lowest BCUT2D eigenvalue weighted by Crippen LogP contribution is -2.28. The second-order valence-corrected chi connectivity index (χ2v) is 7.38. The molecule has 0 radical (unpaired) electrons. The number of aryl methyl sites for hydroxylation is 1. The van der Waals surface area contributed by atoms with Crippen molar-refractivity contribution in [1.29, 1.82) is 0 Å². The Morgan fingerprint density at radius 3 is 2.47 bits per heavy atom. The van der Waals surface area contributed by atoms with Gasteiger partial charge in [0.15, 0.2) is 5.13 Å². The largest absolute Gasteiger partial charge is 0.351 e. The Morgan fingerprint density at radius 1 is 1.26 bits per heavy atom. The van der Waals surface area contributed by atoms with E-state index in [4.69, 9.17) is 4.98 Å². The summed E-state index contributed by atoms with van der Waals surface area (Å²) >= 11 is 1.84. The Kier molecular flexibility index (Phi) is 6.27. The predicted octanol–water partition coefficient (Wildman–Crippen LogP) is 3.69. The molecule has 0 saturated carbocycles. The summed E-state index contributed by atoms with van der Waals surface area (Å²) in [5.41, 5.74) is 1.58. The van der Waals surface area contributed by atoms with E-state index < -0.39 is 0 Å². The van der Waals surface area contributed by atoms with E-state index in [9.17, 15) is 0 Å². The minimum atomic E-state index is 0.299. The molecule has 0 aromatic carbocycles. The van der Waals surface area contributed by atoms with E-state index in [0.29, 0.717) is 5.41 Å². The molecule has 0 spiro atoms. The first kappa shape index (κ1) is 16.4. The maximum atomic E-state index is 4.84. The first-order valence-electron chi connectivity index (χ1n) is 7.27. The normalized spacial score (nSPS) is 11.9. The number of aromatic nitrogens is 1. The summed E-state index contributed by atoms with van der Waals surface area (Å²) in [5, 5.41) is 4.57. The highest BCUT2D eigenvalue weighted by Crippen LogP contribution is 2.28. The van der Waals surface area contributed by atoms with Crippen LogP contribution in [0.5, 0.6) is 0 Å². The van der Waals surface area contributed by atoms with Gasteiger partial charge in [0.05, 0.1) is 5.69 Å². The monoisotopic (exact) mass is 283 g/mol. The van der Waals surface area contributed by atoms with Crippen LogP contribution in [0, 0.1) is 5.41 Å². The number of thiazole rings is 1. The summed E-state index contributed by atoms with van der Waals surface area (Å²) in [6, 6.07) is 0. The van der Waals surface area contributed by atoms with Gasteiger partial charge in [0.2, 0.25) is 0 Å². The van der Waals surface area contributed by atoms with Crippen molar-refractivity contribution in [2.24, 2.45) is 5.41 Å². The fourth-order valence-corrected chi connectivity index (χ4v) is 3.16. The van der Waals surface area contributed by atoms with Crippen LogP contribution in [0.3, 0.4) is 0 Å².